The molecule has 2 fully saturated rings. The molecule has 2 bridgehead atoms. The number of morpholine rings is 1. The number of nitrogens with zero attached hydrogens (tertiary/aromatic N) is 4. The molecule has 3 aliphatic rings. The zero-order chi connectivity index (χ0) is 29.2. The number of likely N-dealkylation sites (N-methyl/N-ethyl adjacent to an activating group) is 1. The summed E-state index contributed by atoms with van der Waals surface area (Å²) in [6, 6.07) is 6.84. The Morgan fingerprint density at radius 3 is 2.81 bits per heavy atom. The second-order valence-electron chi connectivity index (χ2n) is 11.3. The van der Waals surface area contributed by atoms with Gasteiger partial charge in [-0.05, 0) is 63.2 Å². The first kappa shape index (κ1) is 28.2. The number of anilines is 2. The van der Waals surface area contributed by atoms with E-state index in [-0.39, 0.29) is 29.8 Å². The van der Waals surface area contributed by atoms with Crippen molar-refractivity contribution in [1.82, 2.24) is 19.8 Å². The number of carbonyl (C=O) groups is 2. The number of urea groups is 1. The van der Waals surface area contributed by atoms with E-state index in [1.54, 1.807) is 31.4 Å². The molecule has 11 nitrogen and oxygen atoms in total. The third kappa shape index (κ3) is 5.85. The van der Waals surface area contributed by atoms with E-state index >= 15 is 0 Å². The number of Topliss-reactive ketones (excluding diaryl/α,β-unsaturated/α-hetero) is 1. The topological polar surface area (TPSA) is 110 Å². The number of amides is 2. The molecule has 3 aliphatic heterocycles. The second kappa shape index (κ2) is 12.1. The van der Waals surface area contributed by atoms with Gasteiger partial charge in [0, 0.05) is 69.4 Å². The lowest BCUT2D eigenvalue weighted by atomic mass is 10.1. The molecular formula is C31H38N6O5. The first-order chi connectivity index (χ1) is 20.4. The second-order valence-corrected chi connectivity index (χ2v) is 11.3. The number of ether oxygens (including phenoxy) is 3. The Labute approximate surface area is 245 Å². The minimum absolute atomic E-state index is 0.222. The van der Waals surface area contributed by atoms with Gasteiger partial charge in [0.05, 0.1) is 30.1 Å². The number of rotatable bonds is 10. The molecule has 11 heteroatoms. The van der Waals surface area contributed by atoms with E-state index < -0.39 is 0 Å². The number of nitrogens with one attached hydrogen (secondary N) is 2. The first-order valence-corrected chi connectivity index (χ1v) is 14.5. The van der Waals surface area contributed by atoms with Crippen molar-refractivity contribution in [3.63, 3.8) is 0 Å². The average Bonchev–Trinajstić information content (AvgIpc) is 3.61. The summed E-state index contributed by atoms with van der Waals surface area (Å²) in [5.74, 6) is 0.494. The number of aromatic nitrogens is 2. The van der Waals surface area contributed by atoms with E-state index in [2.05, 4.69) is 25.4 Å². The van der Waals surface area contributed by atoms with E-state index in [1.165, 1.54) is 0 Å². The lowest BCUT2D eigenvalue weighted by Gasteiger charge is -2.34. The van der Waals surface area contributed by atoms with Crippen molar-refractivity contribution in [1.29, 1.82) is 0 Å². The zero-order valence-corrected chi connectivity index (χ0v) is 24.4. The van der Waals surface area contributed by atoms with Crippen molar-refractivity contribution in [2.45, 2.75) is 31.5 Å². The molecule has 2 amide bonds. The molecule has 2 N–H and O–H groups in total. The van der Waals surface area contributed by atoms with Gasteiger partial charge in [-0.25, -0.2) is 9.78 Å². The van der Waals surface area contributed by atoms with Crippen LogP contribution in [0.15, 0.2) is 42.4 Å². The average molecular weight is 575 g/mol. The summed E-state index contributed by atoms with van der Waals surface area (Å²) in [4.78, 5) is 35.0. The SMILES string of the molecule is COCCN(C)CCCNC(=O)Nc1ccc2c(c1)C(=O)/C(=C/c1cn(C)c3nccc(N4CC5CCC(C4)O5)c13)O2. The number of allylic oxidation sites excluding steroid dienone is 1. The monoisotopic (exact) mass is 574 g/mol. The van der Waals surface area contributed by atoms with Crippen LogP contribution in [0, 0.1) is 0 Å². The maximum absolute atomic E-state index is 13.4. The van der Waals surface area contributed by atoms with Crippen molar-refractivity contribution in [3.05, 3.63) is 53.5 Å². The molecule has 0 saturated carbocycles. The largest absolute Gasteiger partial charge is 0.452 e. The summed E-state index contributed by atoms with van der Waals surface area (Å²) in [6.07, 6.45) is 9.12. The molecule has 2 atom stereocenters. The number of ketones is 1. The number of pyridine rings is 1. The molecular weight excluding hydrogens is 536 g/mol. The Morgan fingerprint density at radius 2 is 2.02 bits per heavy atom. The Bertz CT molecular complexity index is 1500. The number of benzene rings is 1. The summed E-state index contributed by atoms with van der Waals surface area (Å²) >= 11 is 0. The summed E-state index contributed by atoms with van der Waals surface area (Å²) in [5, 5.41) is 6.68. The molecule has 222 valence electrons. The van der Waals surface area contributed by atoms with E-state index in [1.807, 2.05) is 37.1 Å². The summed E-state index contributed by atoms with van der Waals surface area (Å²) in [7, 11) is 5.66. The highest BCUT2D eigenvalue weighted by Gasteiger charge is 2.35. The van der Waals surface area contributed by atoms with Gasteiger partial charge >= 0.3 is 6.03 Å². The molecule has 0 spiro atoms. The molecule has 5 heterocycles. The van der Waals surface area contributed by atoms with Crippen LogP contribution >= 0.6 is 0 Å². The van der Waals surface area contributed by atoms with E-state index in [0.717, 1.165) is 67.7 Å². The van der Waals surface area contributed by atoms with Crippen molar-refractivity contribution in [2.75, 3.05) is 63.7 Å². The molecule has 0 radical (unpaired) electrons. The number of hydrogen-bond acceptors (Lipinski definition) is 8. The van der Waals surface area contributed by atoms with Crippen LogP contribution in [0.1, 0.15) is 35.2 Å². The Balaban J connectivity index is 1.14. The lowest BCUT2D eigenvalue weighted by Crippen LogP contribution is -2.42. The summed E-state index contributed by atoms with van der Waals surface area (Å²) < 4.78 is 19.1. The maximum atomic E-state index is 13.4. The fraction of sp³-hybridized carbons (Fsp3) is 0.452. The van der Waals surface area contributed by atoms with Gasteiger partial charge in [0.1, 0.15) is 11.4 Å². The number of fused-ring (bicyclic) bond motifs is 4. The number of hydrogen-bond donors (Lipinski definition) is 2. The van der Waals surface area contributed by atoms with Crippen LogP contribution in [-0.2, 0) is 16.5 Å². The zero-order valence-electron chi connectivity index (χ0n) is 24.4. The van der Waals surface area contributed by atoms with Gasteiger partial charge < -0.3 is 39.2 Å². The Kier molecular flexibility index (Phi) is 8.14. The van der Waals surface area contributed by atoms with Crippen LogP contribution in [0.2, 0.25) is 0 Å². The maximum Gasteiger partial charge on any atom is 0.319 e. The number of aryl methyl sites for hydroxylation is 1. The van der Waals surface area contributed by atoms with Crippen molar-refractivity contribution < 1.29 is 23.8 Å². The fourth-order valence-corrected chi connectivity index (χ4v) is 6.00. The van der Waals surface area contributed by atoms with Crippen LogP contribution in [-0.4, -0.2) is 92.0 Å². The van der Waals surface area contributed by atoms with E-state index in [4.69, 9.17) is 14.2 Å². The molecule has 1 aromatic carbocycles. The van der Waals surface area contributed by atoms with Crippen LogP contribution < -0.4 is 20.3 Å². The minimum atomic E-state index is -0.316. The predicted octanol–water partition coefficient (Wildman–Crippen LogP) is 3.65. The van der Waals surface area contributed by atoms with Crippen LogP contribution in [0.3, 0.4) is 0 Å². The van der Waals surface area contributed by atoms with E-state index in [0.29, 0.717) is 30.2 Å². The molecule has 2 aromatic heterocycles. The van der Waals surface area contributed by atoms with Crippen LogP contribution in [0.5, 0.6) is 5.75 Å². The van der Waals surface area contributed by atoms with Crippen LogP contribution in [0.25, 0.3) is 17.1 Å². The van der Waals surface area contributed by atoms with E-state index in [9.17, 15) is 9.59 Å². The lowest BCUT2D eigenvalue weighted by molar-refractivity contribution is 0.0306. The normalized spacial score (nSPS) is 20.4. The first-order valence-electron chi connectivity index (χ1n) is 14.5. The highest BCUT2D eigenvalue weighted by molar-refractivity contribution is 6.16. The molecule has 0 aliphatic carbocycles. The van der Waals surface area contributed by atoms with Gasteiger partial charge in [-0.15, -0.1) is 0 Å². The third-order valence-corrected chi connectivity index (χ3v) is 8.14. The fourth-order valence-electron chi connectivity index (χ4n) is 6.00. The summed E-state index contributed by atoms with van der Waals surface area (Å²) in [6.45, 7) is 4.60. The molecule has 42 heavy (non-hydrogen) atoms. The van der Waals surface area contributed by atoms with Crippen LogP contribution in [0.4, 0.5) is 16.2 Å². The molecule has 6 rings (SSSR count). The van der Waals surface area contributed by atoms with Gasteiger partial charge in [-0.3, -0.25) is 4.79 Å². The molecule has 2 unspecified atom stereocenters. The number of methoxy groups -OCH3 is 1. The van der Waals surface area contributed by atoms with Gasteiger partial charge in [0.25, 0.3) is 0 Å². The van der Waals surface area contributed by atoms with Gasteiger partial charge in [0.15, 0.2) is 5.76 Å². The van der Waals surface area contributed by atoms with Crippen molar-refractivity contribution in [2.24, 2.45) is 7.05 Å². The number of carbonyl (C=O) groups excluding carboxylic acids is 2. The van der Waals surface area contributed by atoms with Gasteiger partial charge in [-0.2, -0.15) is 0 Å². The van der Waals surface area contributed by atoms with Crippen molar-refractivity contribution in [3.8, 4) is 5.75 Å². The molecule has 2 saturated heterocycles. The summed E-state index contributed by atoms with van der Waals surface area (Å²) in [5.41, 5.74) is 3.76. The standard InChI is InChI=1S/C31H38N6O5/c1-35(13-14-40-3)12-4-10-33-31(39)34-21-5-8-26-24(16-21)29(38)27(42-26)15-20-17-36(2)30-28(20)25(9-11-32-30)37-18-22-6-7-23(19-37)41-22/h5,8-9,11,15-17,22-23H,4,6-7,10,12-14,18-19H2,1-3H3,(H2,33,34,39)/b27-15-. The third-order valence-electron chi connectivity index (χ3n) is 8.14. The smallest absolute Gasteiger partial charge is 0.319 e. The van der Waals surface area contributed by atoms with Gasteiger partial charge in [0.2, 0.25) is 5.78 Å². The molecule has 3 aromatic rings. The Morgan fingerprint density at radius 1 is 1.21 bits per heavy atom. The highest BCUT2D eigenvalue weighted by Crippen LogP contribution is 2.38. The minimum Gasteiger partial charge on any atom is -0.452 e. The Hall–Kier alpha value is -3.93. The quantitative estimate of drug-likeness (QED) is 0.279. The van der Waals surface area contributed by atoms with Crippen molar-refractivity contribution >= 4 is 40.3 Å². The predicted molar refractivity (Wildman–Crippen MR) is 161 cm³/mol. The van der Waals surface area contributed by atoms with Gasteiger partial charge in [-0.1, -0.05) is 0 Å². The highest BCUT2D eigenvalue weighted by atomic mass is 16.5.